The van der Waals surface area contributed by atoms with Crippen molar-refractivity contribution < 1.29 is 0 Å². The van der Waals surface area contributed by atoms with Crippen molar-refractivity contribution >= 4 is 81.2 Å². The van der Waals surface area contributed by atoms with Crippen molar-refractivity contribution in [3.63, 3.8) is 0 Å². The third kappa shape index (κ3) is 4.55. The molecule has 0 N–H and O–H groups in total. The summed E-state index contributed by atoms with van der Waals surface area (Å²) in [7, 11) is 0. The molecule has 9 aromatic rings. The monoisotopic (exact) mass is 623 g/mol. The third-order valence-corrected chi connectivity index (χ3v) is 9.94. The van der Waals surface area contributed by atoms with E-state index in [-0.39, 0.29) is 0 Å². The predicted molar refractivity (Wildman–Crippen MR) is 214 cm³/mol. The Balaban J connectivity index is 1.55. The second kappa shape index (κ2) is 11.7. The largest absolute Gasteiger partial charge is 0.309 e. The van der Waals surface area contributed by atoms with E-state index < -0.39 is 0 Å². The number of hydrogen-bond donors (Lipinski definition) is 0. The molecule has 0 aliphatic heterocycles. The Hall–Kier alpha value is -6.44. The maximum absolute atomic E-state index is 4.13. The van der Waals surface area contributed by atoms with Crippen LogP contribution in [0.5, 0.6) is 0 Å². The topological polar surface area (TPSA) is 4.93 Å². The maximum Gasteiger partial charge on any atom is 0.0540 e. The molecular weight excluding hydrogens is 591 g/mol. The van der Waals surface area contributed by atoms with Crippen LogP contribution in [0.4, 0.5) is 0 Å². The lowest BCUT2D eigenvalue weighted by Gasteiger charge is -2.17. The summed E-state index contributed by atoms with van der Waals surface area (Å²) < 4.78 is 2.46. The highest BCUT2D eigenvalue weighted by atomic mass is 15.0. The Morgan fingerprint density at radius 1 is 0.388 bits per heavy atom. The zero-order chi connectivity index (χ0) is 32.9. The lowest BCUT2D eigenvalue weighted by atomic mass is 9.94. The van der Waals surface area contributed by atoms with Crippen LogP contribution in [-0.2, 0) is 0 Å². The summed E-state index contributed by atoms with van der Waals surface area (Å²) in [4.78, 5) is 0. The molecule has 0 fully saturated rings. The van der Waals surface area contributed by atoms with Gasteiger partial charge in [0.15, 0.2) is 0 Å². The van der Waals surface area contributed by atoms with Crippen LogP contribution >= 0.6 is 0 Å². The summed E-state index contributed by atoms with van der Waals surface area (Å²) in [5.74, 6) is 0. The van der Waals surface area contributed by atoms with Gasteiger partial charge in [0, 0.05) is 16.5 Å². The van der Waals surface area contributed by atoms with Crippen LogP contribution < -0.4 is 0 Å². The van der Waals surface area contributed by atoms with Gasteiger partial charge < -0.3 is 4.57 Å². The van der Waals surface area contributed by atoms with Gasteiger partial charge in [0.05, 0.1) is 11.0 Å². The molecule has 0 atom stereocenters. The molecule has 8 aromatic carbocycles. The van der Waals surface area contributed by atoms with Crippen LogP contribution in [0.2, 0.25) is 0 Å². The SMILES string of the molecule is C=C/C=C(\C=C)c1ccc2c(c1)c1ccccc1c1ccccc1c1ccccc1n2-c1ccc2c3ccccc3c3ccccc3c2c1. The van der Waals surface area contributed by atoms with Crippen LogP contribution in [0.1, 0.15) is 5.56 Å². The van der Waals surface area contributed by atoms with Crippen LogP contribution in [0.25, 0.3) is 86.9 Å². The van der Waals surface area contributed by atoms with Gasteiger partial charge in [-0.1, -0.05) is 159 Å². The Kier molecular flexibility index (Phi) is 6.85. The molecule has 1 heteroatoms. The standard InChI is InChI=1S/C48H33N/c1-3-15-32(4-2)33-26-29-48-46(30-33)42-23-12-9-19-38(42)36-17-7-10-21-40(36)44-24-13-14-25-47(44)49(48)34-27-28-43-39-20-6-5-16-35(39)37-18-8-11-22-41(37)45(43)31-34/h3-31H,1-2H2/b32-15+. The minimum absolute atomic E-state index is 1.03. The van der Waals surface area contributed by atoms with Crippen molar-refractivity contribution in [3.05, 3.63) is 195 Å². The quantitative estimate of drug-likeness (QED) is 0.136. The first-order chi connectivity index (χ1) is 24.2. The van der Waals surface area contributed by atoms with Gasteiger partial charge in [-0.2, -0.15) is 0 Å². The van der Waals surface area contributed by atoms with Gasteiger partial charge in [-0.05, 0) is 95.3 Å². The lowest BCUT2D eigenvalue weighted by molar-refractivity contribution is 1.18. The number of nitrogens with zero attached hydrogens (tertiary/aromatic N) is 1. The summed E-state index contributed by atoms with van der Waals surface area (Å²) in [6.45, 7) is 8.10. The number of benzene rings is 8. The Morgan fingerprint density at radius 2 is 0.816 bits per heavy atom. The van der Waals surface area contributed by atoms with E-state index in [4.69, 9.17) is 0 Å². The number of rotatable bonds is 4. The fraction of sp³-hybridized carbons (Fsp3) is 0. The molecule has 0 amide bonds. The van der Waals surface area contributed by atoms with E-state index in [2.05, 4.69) is 175 Å². The number of aromatic nitrogens is 1. The number of hydrogen-bond acceptors (Lipinski definition) is 0. The summed E-state index contributed by atoms with van der Waals surface area (Å²) in [5.41, 5.74) is 5.48. The van der Waals surface area contributed by atoms with E-state index in [1.807, 2.05) is 18.2 Å². The summed E-state index contributed by atoms with van der Waals surface area (Å²) in [6, 6.07) is 57.8. The second-order valence-electron chi connectivity index (χ2n) is 12.6. The Labute approximate surface area is 285 Å². The zero-order valence-electron chi connectivity index (χ0n) is 27.1. The van der Waals surface area contributed by atoms with Crippen molar-refractivity contribution in [2.75, 3.05) is 0 Å². The number of allylic oxidation sites excluding steroid dienone is 4. The first-order valence-electron chi connectivity index (χ1n) is 16.8. The smallest absolute Gasteiger partial charge is 0.0540 e. The lowest BCUT2D eigenvalue weighted by Crippen LogP contribution is -1.99. The maximum atomic E-state index is 4.13. The molecule has 0 spiro atoms. The van der Waals surface area contributed by atoms with E-state index in [9.17, 15) is 0 Å². The van der Waals surface area contributed by atoms with Crippen molar-refractivity contribution in [2.24, 2.45) is 0 Å². The van der Waals surface area contributed by atoms with E-state index in [1.165, 1.54) is 59.2 Å². The average molecular weight is 624 g/mol. The summed E-state index contributed by atoms with van der Waals surface area (Å²) in [5, 5.41) is 14.7. The highest BCUT2D eigenvalue weighted by molar-refractivity contribution is 6.26. The molecule has 0 aliphatic rings. The van der Waals surface area contributed by atoms with Crippen LogP contribution in [0, 0.1) is 0 Å². The molecule has 1 nitrogen and oxygen atoms in total. The fourth-order valence-electron chi connectivity index (χ4n) is 7.78. The van der Waals surface area contributed by atoms with Gasteiger partial charge in [0.1, 0.15) is 0 Å². The Bertz CT molecular complexity index is 2880. The zero-order valence-corrected chi connectivity index (χ0v) is 27.1. The first-order valence-corrected chi connectivity index (χ1v) is 16.8. The molecule has 49 heavy (non-hydrogen) atoms. The fourth-order valence-corrected chi connectivity index (χ4v) is 7.78. The van der Waals surface area contributed by atoms with Crippen LogP contribution in [-0.4, -0.2) is 4.57 Å². The predicted octanol–water partition coefficient (Wildman–Crippen LogP) is 13.4. The molecule has 0 saturated carbocycles. The van der Waals surface area contributed by atoms with Crippen molar-refractivity contribution in [3.8, 4) is 5.69 Å². The summed E-state index contributed by atoms with van der Waals surface area (Å²) >= 11 is 0. The molecule has 0 aliphatic carbocycles. The van der Waals surface area contributed by atoms with Gasteiger partial charge in [0.2, 0.25) is 0 Å². The molecule has 1 heterocycles. The molecule has 0 radical (unpaired) electrons. The molecule has 0 saturated heterocycles. The Morgan fingerprint density at radius 3 is 1.35 bits per heavy atom. The van der Waals surface area contributed by atoms with Crippen LogP contribution in [0.3, 0.4) is 0 Å². The van der Waals surface area contributed by atoms with E-state index in [1.54, 1.807) is 0 Å². The molecule has 1 aromatic heterocycles. The van der Waals surface area contributed by atoms with Crippen molar-refractivity contribution in [1.82, 2.24) is 4.57 Å². The highest BCUT2D eigenvalue weighted by Gasteiger charge is 2.14. The number of para-hydroxylation sites is 1. The molecular formula is C48H33N. The van der Waals surface area contributed by atoms with E-state index in [0.29, 0.717) is 0 Å². The molecule has 0 unspecified atom stereocenters. The van der Waals surface area contributed by atoms with Gasteiger partial charge in [-0.25, -0.2) is 0 Å². The molecule has 9 rings (SSSR count). The van der Waals surface area contributed by atoms with Crippen molar-refractivity contribution in [2.45, 2.75) is 0 Å². The van der Waals surface area contributed by atoms with Gasteiger partial charge in [0.25, 0.3) is 0 Å². The van der Waals surface area contributed by atoms with E-state index >= 15 is 0 Å². The minimum Gasteiger partial charge on any atom is -0.309 e. The normalized spacial score (nSPS) is 12.0. The van der Waals surface area contributed by atoms with Crippen LogP contribution in [0.15, 0.2) is 189 Å². The van der Waals surface area contributed by atoms with Gasteiger partial charge in [-0.15, -0.1) is 0 Å². The van der Waals surface area contributed by atoms with Gasteiger partial charge >= 0.3 is 0 Å². The van der Waals surface area contributed by atoms with E-state index in [0.717, 1.165) is 33.2 Å². The highest BCUT2D eigenvalue weighted by Crippen LogP contribution is 2.39. The third-order valence-electron chi connectivity index (χ3n) is 9.94. The number of fused-ring (bicyclic) bond motifs is 13. The average Bonchev–Trinajstić information content (AvgIpc) is 3.21. The summed E-state index contributed by atoms with van der Waals surface area (Å²) in [6.07, 6.45) is 5.76. The molecule has 0 bridgehead atoms. The first kappa shape index (κ1) is 28.8. The second-order valence-corrected chi connectivity index (χ2v) is 12.6. The van der Waals surface area contributed by atoms with Gasteiger partial charge in [-0.3, -0.25) is 0 Å². The molecule has 230 valence electrons. The minimum atomic E-state index is 1.03. The van der Waals surface area contributed by atoms with Crippen molar-refractivity contribution in [1.29, 1.82) is 0 Å².